The van der Waals surface area contributed by atoms with Crippen LogP contribution in [0.5, 0.6) is 0 Å². The number of aryl methyl sites for hydroxylation is 1. The first-order valence-corrected chi connectivity index (χ1v) is 9.78. The van der Waals surface area contributed by atoms with Gasteiger partial charge in [-0.15, -0.1) is 0 Å². The number of rotatable bonds is 4. The number of nitriles is 1. The molecule has 1 aliphatic heterocycles. The highest BCUT2D eigenvalue weighted by molar-refractivity contribution is 6.05. The number of carbonyl (C=O) groups is 1. The Bertz CT molecular complexity index is 1120. The van der Waals surface area contributed by atoms with E-state index in [0.29, 0.717) is 6.42 Å². The molecule has 1 amide bonds. The quantitative estimate of drug-likeness (QED) is 0.703. The maximum Gasteiger partial charge on any atom is 0.248 e. The van der Waals surface area contributed by atoms with Crippen LogP contribution in [0.4, 0.5) is 5.69 Å². The summed E-state index contributed by atoms with van der Waals surface area (Å²) < 4.78 is 3.57. The smallest absolute Gasteiger partial charge is 0.248 e. The molecule has 28 heavy (non-hydrogen) atoms. The van der Waals surface area contributed by atoms with E-state index in [2.05, 4.69) is 23.2 Å². The zero-order chi connectivity index (χ0) is 19.5. The van der Waals surface area contributed by atoms with E-state index in [1.165, 1.54) is 0 Å². The minimum atomic E-state index is -0.861. The molecule has 0 bridgehead atoms. The van der Waals surface area contributed by atoms with Gasteiger partial charge in [0.2, 0.25) is 5.91 Å². The average Bonchev–Trinajstić information content (AvgIpc) is 3.20. The predicted octanol–water partition coefficient (Wildman–Crippen LogP) is 3.17. The normalized spacial score (nSPS) is 24.8. The van der Waals surface area contributed by atoms with E-state index in [9.17, 15) is 10.1 Å². The van der Waals surface area contributed by atoms with Crippen LogP contribution in [-0.4, -0.2) is 31.3 Å². The Morgan fingerprint density at radius 1 is 1.29 bits per heavy atom. The van der Waals surface area contributed by atoms with Gasteiger partial charge in [0.1, 0.15) is 5.41 Å². The van der Waals surface area contributed by atoms with Crippen LogP contribution in [0, 0.1) is 22.7 Å². The van der Waals surface area contributed by atoms with Crippen molar-refractivity contribution >= 4 is 17.1 Å². The van der Waals surface area contributed by atoms with Crippen molar-refractivity contribution in [2.45, 2.75) is 38.6 Å². The molecule has 5 rings (SSSR count). The highest BCUT2D eigenvalue weighted by atomic mass is 16.2. The summed E-state index contributed by atoms with van der Waals surface area (Å²) >= 11 is 0. The molecule has 0 aromatic carbocycles. The second kappa shape index (κ2) is 5.93. The maximum atomic E-state index is 13.5. The molecule has 0 spiro atoms. The van der Waals surface area contributed by atoms with Gasteiger partial charge in [-0.25, -0.2) is 4.52 Å². The van der Waals surface area contributed by atoms with Crippen molar-refractivity contribution in [3.8, 4) is 17.2 Å². The fourth-order valence-corrected chi connectivity index (χ4v) is 4.60. The van der Waals surface area contributed by atoms with Crippen molar-refractivity contribution in [2.24, 2.45) is 18.4 Å². The fraction of sp³-hybridized carbons (Fsp3) is 0.429. The fourth-order valence-electron chi connectivity index (χ4n) is 4.60. The van der Waals surface area contributed by atoms with Crippen LogP contribution in [0.2, 0.25) is 0 Å². The third-order valence-corrected chi connectivity index (χ3v) is 6.25. The van der Waals surface area contributed by atoms with Crippen LogP contribution in [-0.2, 0) is 11.8 Å². The van der Waals surface area contributed by atoms with Crippen molar-refractivity contribution in [3.05, 3.63) is 36.9 Å². The molecule has 3 aromatic rings. The van der Waals surface area contributed by atoms with Gasteiger partial charge in [0.05, 0.1) is 23.5 Å². The van der Waals surface area contributed by atoms with E-state index >= 15 is 0 Å². The van der Waals surface area contributed by atoms with E-state index in [1.54, 1.807) is 15.4 Å². The second-order valence-electron chi connectivity index (χ2n) is 7.98. The van der Waals surface area contributed by atoms with Crippen LogP contribution in [0.15, 0.2) is 36.9 Å². The van der Waals surface area contributed by atoms with E-state index in [-0.39, 0.29) is 17.9 Å². The molecule has 1 aliphatic carbocycles. The summed E-state index contributed by atoms with van der Waals surface area (Å²) in [6, 6.07) is 6.38. The van der Waals surface area contributed by atoms with E-state index in [0.717, 1.165) is 41.6 Å². The number of hydrogen-bond donors (Lipinski definition) is 0. The summed E-state index contributed by atoms with van der Waals surface area (Å²) in [5.41, 5.74) is 2.85. The largest absolute Gasteiger partial charge is 0.306 e. The molecule has 1 saturated heterocycles. The van der Waals surface area contributed by atoms with Crippen molar-refractivity contribution < 1.29 is 4.79 Å². The summed E-state index contributed by atoms with van der Waals surface area (Å²) in [4.78, 5) is 15.4. The lowest BCUT2D eigenvalue weighted by Crippen LogP contribution is -2.37. The summed E-state index contributed by atoms with van der Waals surface area (Å²) in [6.45, 7) is 2.09. The molecule has 2 atom stereocenters. The first kappa shape index (κ1) is 17.0. The minimum Gasteiger partial charge on any atom is -0.306 e. The molecule has 142 valence electrons. The van der Waals surface area contributed by atoms with Crippen molar-refractivity contribution in [1.29, 1.82) is 5.26 Å². The average molecular weight is 374 g/mol. The van der Waals surface area contributed by atoms with Crippen LogP contribution < -0.4 is 4.90 Å². The van der Waals surface area contributed by atoms with Gasteiger partial charge in [-0.1, -0.05) is 6.92 Å². The van der Waals surface area contributed by atoms with Gasteiger partial charge in [0.15, 0.2) is 0 Å². The summed E-state index contributed by atoms with van der Waals surface area (Å²) in [6.07, 6.45) is 10.8. The Hall–Kier alpha value is -3.14. The Morgan fingerprint density at radius 2 is 2.11 bits per heavy atom. The van der Waals surface area contributed by atoms with Crippen LogP contribution in [0.1, 0.15) is 32.6 Å². The molecule has 2 fully saturated rings. The number of carbonyl (C=O) groups excluding carboxylic acids is 1. The molecule has 0 N–H and O–H groups in total. The van der Waals surface area contributed by atoms with E-state index < -0.39 is 5.41 Å². The molecule has 4 heterocycles. The number of aromatic nitrogens is 4. The zero-order valence-electron chi connectivity index (χ0n) is 16.0. The molecule has 3 aromatic heterocycles. The number of anilines is 1. The van der Waals surface area contributed by atoms with Crippen molar-refractivity contribution in [2.75, 3.05) is 4.90 Å². The van der Waals surface area contributed by atoms with Gasteiger partial charge >= 0.3 is 0 Å². The number of amides is 1. The van der Waals surface area contributed by atoms with E-state index in [4.69, 9.17) is 0 Å². The highest BCUT2D eigenvalue weighted by Gasteiger charge is 2.59. The first-order chi connectivity index (χ1) is 13.6. The van der Waals surface area contributed by atoms with Gasteiger partial charge in [-0.2, -0.15) is 15.5 Å². The third-order valence-electron chi connectivity index (χ3n) is 6.25. The third kappa shape index (κ3) is 2.30. The SMILES string of the molecule is CC[C@H]1C[C@](C#N)(C2CC2)C(=O)N1c1ccnn2cc(-c3cnn(C)c3)cc12. The molecule has 0 unspecified atom stereocenters. The highest BCUT2D eigenvalue weighted by Crippen LogP contribution is 2.54. The molecular weight excluding hydrogens is 352 g/mol. The minimum absolute atomic E-state index is 0.0377. The molecule has 1 saturated carbocycles. The number of nitrogens with zero attached hydrogens (tertiary/aromatic N) is 6. The second-order valence-corrected chi connectivity index (χ2v) is 7.98. The molecule has 0 radical (unpaired) electrons. The number of hydrogen-bond acceptors (Lipinski definition) is 4. The summed E-state index contributed by atoms with van der Waals surface area (Å²) in [7, 11) is 1.89. The Morgan fingerprint density at radius 3 is 2.75 bits per heavy atom. The van der Waals surface area contributed by atoms with E-state index in [1.807, 2.05) is 42.7 Å². The summed E-state index contributed by atoms with van der Waals surface area (Å²) in [5, 5.41) is 18.6. The predicted molar refractivity (Wildman–Crippen MR) is 104 cm³/mol. The van der Waals surface area contributed by atoms with Crippen LogP contribution in [0.3, 0.4) is 0 Å². The molecule has 7 heteroatoms. The van der Waals surface area contributed by atoms with Gasteiger partial charge in [-0.05, 0) is 43.7 Å². The first-order valence-electron chi connectivity index (χ1n) is 9.78. The van der Waals surface area contributed by atoms with Crippen molar-refractivity contribution in [3.63, 3.8) is 0 Å². The Kier molecular flexibility index (Phi) is 3.60. The topological polar surface area (TPSA) is 79.2 Å². The van der Waals surface area contributed by atoms with Crippen molar-refractivity contribution in [1.82, 2.24) is 19.4 Å². The number of fused-ring (bicyclic) bond motifs is 1. The Balaban J connectivity index is 1.63. The molecule has 7 nitrogen and oxygen atoms in total. The standard InChI is InChI=1S/C21H22N6O/c1-3-17-9-21(13-22,16-4-5-16)20(28)27(17)18-6-7-23-26-12-14(8-19(18)26)15-10-24-25(2)11-15/h6-8,10-12,16-17H,3-5,9H2,1-2H3/t17-,21-/m0/s1. The lowest BCUT2D eigenvalue weighted by atomic mass is 9.81. The van der Waals surface area contributed by atoms with Gasteiger partial charge in [-0.3, -0.25) is 9.48 Å². The lowest BCUT2D eigenvalue weighted by Gasteiger charge is -2.25. The maximum absolute atomic E-state index is 13.5. The molecule has 2 aliphatic rings. The lowest BCUT2D eigenvalue weighted by molar-refractivity contribution is -0.123. The zero-order valence-corrected chi connectivity index (χ0v) is 16.0. The molecular formula is C21H22N6O. The van der Waals surface area contributed by atoms with Gasteiger partial charge in [0.25, 0.3) is 0 Å². The summed E-state index contributed by atoms with van der Waals surface area (Å²) in [5.74, 6) is 0.168. The van der Waals surface area contributed by atoms with Gasteiger partial charge < -0.3 is 4.90 Å². The van der Waals surface area contributed by atoms with Crippen LogP contribution in [0.25, 0.3) is 16.6 Å². The Labute approximate surface area is 163 Å². The van der Waals surface area contributed by atoms with Crippen LogP contribution >= 0.6 is 0 Å². The van der Waals surface area contributed by atoms with Gasteiger partial charge in [0, 0.05) is 42.8 Å². The monoisotopic (exact) mass is 374 g/mol.